The van der Waals surface area contributed by atoms with Crippen LogP contribution in [0.4, 0.5) is 0 Å². The van der Waals surface area contributed by atoms with Gasteiger partial charge in [-0.3, -0.25) is 14.7 Å². The Labute approximate surface area is 109 Å². The number of carbonyl (C=O) groups excluding carboxylic acids is 1. The van der Waals surface area contributed by atoms with Gasteiger partial charge in [-0.15, -0.1) is 0 Å². The van der Waals surface area contributed by atoms with Gasteiger partial charge in [-0.2, -0.15) is 0 Å². The van der Waals surface area contributed by atoms with Crippen LogP contribution in [0.25, 0.3) is 0 Å². The number of pyridine rings is 1. The van der Waals surface area contributed by atoms with Crippen LogP contribution < -0.4 is 5.32 Å². The number of aromatic nitrogens is 1. The van der Waals surface area contributed by atoms with Gasteiger partial charge < -0.3 is 5.32 Å². The van der Waals surface area contributed by atoms with Gasteiger partial charge in [0, 0.05) is 18.9 Å². The number of nitrogens with zero attached hydrogens (tertiary/aromatic N) is 2. The highest BCUT2D eigenvalue weighted by molar-refractivity contribution is 5.77. The van der Waals surface area contributed by atoms with Crippen molar-refractivity contribution >= 4 is 5.91 Å². The molecule has 0 aliphatic rings. The lowest BCUT2D eigenvalue weighted by Crippen LogP contribution is -2.37. The molecule has 0 atom stereocenters. The Morgan fingerprint density at radius 1 is 1.22 bits per heavy atom. The van der Waals surface area contributed by atoms with Crippen LogP contribution in [0, 0.1) is 0 Å². The van der Waals surface area contributed by atoms with Crippen molar-refractivity contribution in [1.29, 1.82) is 0 Å². The van der Waals surface area contributed by atoms with Crippen molar-refractivity contribution in [3.63, 3.8) is 0 Å². The molecule has 1 amide bonds. The van der Waals surface area contributed by atoms with Crippen molar-refractivity contribution in [1.82, 2.24) is 15.2 Å². The van der Waals surface area contributed by atoms with E-state index in [2.05, 4.69) is 29.0 Å². The summed E-state index contributed by atoms with van der Waals surface area (Å²) in [5, 5.41) is 2.94. The molecule has 0 saturated heterocycles. The Balaban J connectivity index is 2.31. The minimum atomic E-state index is 0.0914. The van der Waals surface area contributed by atoms with Crippen LogP contribution >= 0.6 is 0 Å². The molecule has 0 bridgehead atoms. The fourth-order valence-electron chi connectivity index (χ4n) is 1.86. The van der Waals surface area contributed by atoms with Gasteiger partial charge >= 0.3 is 0 Å². The van der Waals surface area contributed by atoms with Crippen molar-refractivity contribution in [2.45, 2.75) is 33.2 Å². The molecule has 0 spiro atoms. The normalized spacial score (nSPS) is 10.6. The third-order valence-electron chi connectivity index (χ3n) is 2.69. The lowest BCUT2D eigenvalue weighted by atomic mass is 10.2. The number of amides is 1. The molecule has 4 nitrogen and oxygen atoms in total. The Bertz CT molecular complexity index is 334. The minimum absolute atomic E-state index is 0.0914. The van der Waals surface area contributed by atoms with Gasteiger partial charge in [0.05, 0.1) is 6.54 Å². The maximum Gasteiger partial charge on any atom is 0.234 e. The molecule has 1 aromatic rings. The molecule has 0 saturated carbocycles. The molecule has 18 heavy (non-hydrogen) atoms. The third kappa shape index (κ3) is 5.77. The average Bonchev–Trinajstić information content (AvgIpc) is 2.38. The highest BCUT2D eigenvalue weighted by atomic mass is 16.2. The molecule has 0 unspecified atom stereocenters. The maximum absolute atomic E-state index is 11.8. The second kappa shape index (κ2) is 8.64. The molecule has 0 aliphatic carbocycles. The lowest BCUT2D eigenvalue weighted by molar-refractivity contribution is -0.122. The number of carbonyl (C=O) groups is 1. The Morgan fingerprint density at radius 3 is 2.39 bits per heavy atom. The summed E-state index contributed by atoms with van der Waals surface area (Å²) >= 11 is 0. The van der Waals surface area contributed by atoms with E-state index in [1.165, 1.54) is 0 Å². The molecular weight excluding hydrogens is 226 g/mol. The van der Waals surface area contributed by atoms with Crippen molar-refractivity contribution in [3.05, 3.63) is 30.1 Å². The molecule has 0 fully saturated rings. The molecular formula is C14H23N3O. The van der Waals surface area contributed by atoms with E-state index in [0.29, 0.717) is 13.1 Å². The molecule has 0 radical (unpaired) electrons. The van der Waals surface area contributed by atoms with Gasteiger partial charge in [0.2, 0.25) is 5.91 Å². The summed E-state index contributed by atoms with van der Waals surface area (Å²) in [5.41, 5.74) is 1.08. The molecule has 1 rings (SSSR count). The molecule has 1 N–H and O–H groups in total. The van der Waals surface area contributed by atoms with Crippen LogP contribution in [0.2, 0.25) is 0 Å². The van der Waals surface area contributed by atoms with E-state index >= 15 is 0 Å². The topological polar surface area (TPSA) is 45.2 Å². The number of rotatable bonds is 8. The fourth-order valence-corrected chi connectivity index (χ4v) is 1.86. The Hall–Kier alpha value is -1.42. The third-order valence-corrected chi connectivity index (χ3v) is 2.69. The smallest absolute Gasteiger partial charge is 0.234 e. The molecule has 100 valence electrons. The van der Waals surface area contributed by atoms with E-state index < -0.39 is 0 Å². The summed E-state index contributed by atoms with van der Waals surface area (Å²) < 4.78 is 0. The molecule has 1 aromatic heterocycles. The van der Waals surface area contributed by atoms with E-state index in [1.807, 2.05) is 12.1 Å². The zero-order chi connectivity index (χ0) is 13.2. The van der Waals surface area contributed by atoms with Gasteiger partial charge in [-0.05, 0) is 43.6 Å². The number of hydrogen-bond donors (Lipinski definition) is 1. The summed E-state index contributed by atoms with van der Waals surface area (Å²) in [6.07, 6.45) is 5.64. The van der Waals surface area contributed by atoms with E-state index in [9.17, 15) is 4.79 Å². The van der Waals surface area contributed by atoms with Crippen LogP contribution in [-0.4, -0.2) is 35.4 Å². The molecule has 0 aliphatic heterocycles. The average molecular weight is 249 g/mol. The monoisotopic (exact) mass is 249 g/mol. The molecule has 4 heteroatoms. The van der Waals surface area contributed by atoms with Crippen LogP contribution in [-0.2, 0) is 11.3 Å². The molecule has 0 aromatic carbocycles. The SMILES string of the molecule is CCCN(CCC)CC(=O)NCc1ccncc1. The van der Waals surface area contributed by atoms with E-state index in [4.69, 9.17) is 0 Å². The Morgan fingerprint density at radius 2 is 1.83 bits per heavy atom. The maximum atomic E-state index is 11.8. The van der Waals surface area contributed by atoms with Crippen molar-refractivity contribution in [3.8, 4) is 0 Å². The van der Waals surface area contributed by atoms with Crippen molar-refractivity contribution in [2.24, 2.45) is 0 Å². The van der Waals surface area contributed by atoms with Crippen molar-refractivity contribution < 1.29 is 4.79 Å². The van der Waals surface area contributed by atoms with Gasteiger partial charge in [0.25, 0.3) is 0 Å². The van der Waals surface area contributed by atoms with Crippen LogP contribution in [0.15, 0.2) is 24.5 Å². The Kier molecular flexibility index (Phi) is 7.03. The lowest BCUT2D eigenvalue weighted by Gasteiger charge is -2.20. The van der Waals surface area contributed by atoms with Gasteiger partial charge in [-0.25, -0.2) is 0 Å². The standard InChI is InChI=1S/C14H23N3O/c1-3-9-17(10-4-2)12-14(18)16-11-13-5-7-15-8-6-13/h5-8H,3-4,9-12H2,1-2H3,(H,16,18). The van der Waals surface area contributed by atoms with Gasteiger partial charge in [0.15, 0.2) is 0 Å². The summed E-state index contributed by atoms with van der Waals surface area (Å²) in [5.74, 6) is 0.0914. The summed E-state index contributed by atoms with van der Waals surface area (Å²) in [6, 6.07) is 3.83. The van der Waals surface area contributed by atoms with Crippen LogP contribution in [0.3, 0.4) is 0 Å². The predicted molar refractivity (Wildman–Crippen MR) is 73.1 cm³/mol. The first-order chi connectivity index (χ1) is 8.76. The molecule has 1 heterocycles. The first-order valence-electron chi connectivity index (χ1n) is 6.64. The van der Waals surface area contributed by atoms with Crippen molar-refractivity contribution in [2.75, 3.05) is 19.6 Å². The minimum Gasteiger partial charge on any atom is -0.351 e. The number of nitrogens with one attached hydrogen (secondary N) is 1. The van der Waals surface area contributed by atoms with Gasteiger partial charge in [-0.1, -0.05) is 13.8 Å². The number of hydrogen-bond acceptors (Lipinski definition) is 3. The summed E-state index contributed by atoms with van der Waals surface area (Å²) in [6.45, 7) is 7.31. The highest BCUT2D eigenvalue weighted by Gasteiger charge is 2.08. The zero-order valence-corrected chi connectivity index (χ0v) is 11.4. The van der Waals surface area contributed by atoms with Crippen LogP contribution in [0.1, 0.15) is 32.3 Å². The van der Waals surface area contributed by atoms with E-state index in [0.717, 1.165) is 31.5 Å². The fraction of sp³-hybridized carbons (Fsp3) is 0.571. The second-order valence-electron chi connectivity index (χ2n) is 4.41. The van der Waals surface area contributed by atoms with Crippen LogP contribution in [0.5, 0.6) is 0 Å². The zero-order valence-electron chi connectivity index (χ0n) is 11.4. The largest absolute Gasteiger partial charge is 0.351 e. The first kappa shape index (κ1) is 14.6. The summed E-state index contributed by atoms with van der Waals surface area (Å²) in [4.78, 5) is 18.0. The van der Waals surface area contributed by atoms with E-state index in [-0.39, 0.29) is 5.91 Å². The highest BCUT2D eigenvalue weighted by Crippen LogP contribution is 1.96. The predicted octanol–water partition coefficient (Wildman–Crippen LogP) is 1.82. The first-order valence-corrected chi connectivity index (χ1v) is 6.64. The van der Waals surface area contributed by atoms with Gasteiger partial charge in [0.1, 0.15) is 0 Å². The van der Waals surface area contributed by atoms with E-state index in [1.54, 1.807) is 12.4 Å². The quantitative estimate of drug-likeness (QED) is 0.764. The summed E-state index contributed by atoms with van der Waals surface area (Å²) in [7, 11) is 0. The second-order valence-corrected chi connectivity index (χ2v) is 4.41.